The van der Waals surface area contributed by atoms with Crippen LogP contribution in [0.25, 0.3) is 21.5 Å². The number of rotatable bonds is 2. The van der Waals surface area contributed by atoms with E-state index in [2.05, 4.69) is 12.1 Å². The number of ether oxygens (including phenoxy) is 1. The largest absolute Gasteiger partial charge is 0.422 e. The Morgan fingerprint density at radius 2 is 1.57 bits per heavy atom. The summed E-state index contributed by atoms with van der Waals surface area (Å²) in [7, 11) is 0. The third-order valence-corrected chi connectivity index (χ3v) is 3.69. The summed E-state index contributed by atoms with van der Waals surface area (Å²) in [5, 5.41) is 4.28. The number of esters is 1. The van der Waals surface area contributed by atoms with Crippen LogP contribution in [0.15, 0.2) is 66.2 Å². The van der Waals surface area contributed by atoms with Gasteiger partial charge in [-0.15, -0.1) is 0 Å². The maximum Gasteiger partial charge on any atom is 0.338 e. The number of carbonyl (C=O) groups excluding carboxylic acids is 1. The molecule has 0 atom stereocenters. The van der Waals surface area contributed by atoms with Crippen molar-refractivity contribution in [3.05, 3.63) is 66.2 Å². The van der Waals surface area contributed by atoms with Gasteiger partial charge in [0.25, 0.3) is 0 Å². The highest BCUT2D eigenvalue weighted by atomic mass is 16.5. The molecule has 3 aromatic carbocycles. The number of hydrogen-bond donors (Lipinski definition) is 0. The maximum absolute atomic E-state index is 12.0. The predicted molar refractivity (Wildman–Crippen MR) is 86.5 cm³/mol. The average molecular weight is 276 g/mol. The molecule has 0 N–H and O–H groups in total. The third kappa shape index (κ3) is 2.40. The number of hydrogen-bond acceptors (Lipinski definition) is 2. The van der Waals surface area contributed by atoms with Gasteiger partial charge in [-0.3, -0.25) is 0 Å². The molecule has 0 saturated heterocycles. The molecular formula is C19H16O2. The van der Waals surface area contributed by atoms with Crippen molar-refractivity contribution in [3.63, 3.8) is 0 Å². The topological polar surface area (TPSA) is 26.3 Å². The van der Waals surface area contributed by atoms with Gasteiger partial charge >= 0.3 is 5.97 Å². The van der Waals surface area contributed by atoms with Crippen molar-refractivity contribution >= 4 is 27.5 Å². The van der Waals surface area contributed by atoms with Crippen LogP contribution < -0.4 is 4.74 Å². The van der Waals surface area contributed by atoms with E-state index >= 15 is 0 Å². The molecule has 21 heavy (non-hydrogen) atoms. The quantitative estimate of drug-likeness (QED) is 0.289. The molecule has 3 aromatic rings. The van der Waals surface area contributed by atoms with E-state index in [1.807, 2.05) is 49.4 Å². The molecule has 104 valence electrons. The van der Waals surface area contributed by atoms with Crippen LogP contribution in [0, 0.1) is 0 Å². The lowest BCUT2D eigenvalue weighted by Crippen LogP contribution is -2.09. The van der Waals surface area contributed by atoms with Crippen LogP contribution in [-0.2, 0) is 4.79 Å². The zero-order valence-corrected chi connectivity index (χ0v) is 12.1. The summed E-state index contributed by atoms with van der Waals surface area (Å²) >= 11 is 0. The fourth-order valence-electron chi connectivity index (χ4n) is 2.40. The first kappa shape index (κ1) is 13.4. The van der Waals surface area contributed by atoms with Crippen LogP contribution >= 0.6 is 0 Å². The number of carbonyl (C=O) groups is 1. The van der Waals surface area contributed by atoms with Crippen LogP contribution in [0.4, 0.5) is 0 Å². The molecule has 0 aliphatic rings. The smallest absolute Gasteiger partial charge is 0.338 e. The van der Waals surface area contributed by atoms with E-state index in [4.69, 9.17) is 4.74 Å². The van der Waals surface area contributed by atoms with Crippen molar-refractivity contribution in [1.29, 1.82) is 0 Å². The molecule has 0 saturated carbocycles. The first-order valence-corrected chi connectivity index (χ1v) is 6.96. The van der Waals surface area contributed by atoms with Gasteiger partial charge in [-0.05, 0) is 36.1 Å². The Hall–Kier alpha value is -2.61. The second-order valence-corrected chi connectivity index (χ2v) is 5.00. The van der Waals surface area contributed by atoms with Gasteiger partial charge in [-0.1, -0.05) is 54.6 Å². The second-order valence-electron chi connectivity index (χ2n) is 5.00. The van der Waals surface area contributed by atoms with Gasteiger partial charge < -0.3 is 4.74 Å². The first-order valence-electron chi connectivity index (χ1n) is 6.96. The minimum absolute atomic E-state index is 0.307. The second kappa shape index (κ2) is 5.41. The molecule has 0 spiro atoms. The lowest BCUT2D eigenvalue weighted by atomic mass is 10.0. The zero-order valence-electron chi connectivity index (χ0n) is 12.1. The lowest BCUT2D eigenvalue weighted by molar-refractivity contribution is -0.130. The molecule has 0 bridgehead atoms. The van der Waals surface area contributed by atoms with Crippen LogP contribution in [0.5, 0.6) is 5.75 Å². The van der Waals surface area contributed by atoms with Gasteiger partial charge in [0, 0.05) is 11.0 Å². The van der Waals surface area contributed by atoms with Crippen LogP contribution in [0.3, 0.4) is 0 Å². The summed E-state index contributed by atoms with van der Waals surface area (Å²) in [5.74, 6) is 0.299. The first-order chi connectivity index (χ1) is 10.2. The molecule has 3 rings (SSSR count). The predicted octanol–water partition coefficient (Wildman–Crippen LogP) is 4.86. The highest BCUT2D eigenvalue weighted by Crippen LogP contribution is 2.33. The van der Waals surface area contributed by atoms with E-state index in [-0.39, 0.29) is 5.97 Å². The molecule has 0 aliphatic carbocycles. The van der Waals surface area contributed by atoms with Crippen molar-refractivity contribution in [2.45, 2.75) is 13.8 Å². The molecule has 0 radical (unpaired) electrons. The Morgan fingerprint density at radius 3 is 2.29 bits per heavy atom. The van der Waals surface area contributed by atoms with Gasteiger partial charge in [0.1, 0.15) is 5.75 Å². The van der Waals surface area contributed by atoms with Crippen LogP contribution in [0.1, 0.15) is 13.8 Å². The van der Waals surface area contributed by atoms with E-state index in [0.717, 1.165) is 21.5 Å². The summed E-state index contributed by atoms with van der Waals surface area (Å²) in [6.07, 6.45) is 1.76. The summed E-state index contributed by atoms with van der Waals surface area (Å²) in [5.41, 5.74) is 0.604. The molecule has 0 amide bonds. The van der Waals surface area contributed by atoms with Crippen LogP contribution in [0.2, 0.25) is 0 Å². The zero-order chi connectivity index (χ0) is 14.8. The number of benzene rings is 3. The fraction of sp³-hybridized carbons (Fsp3) is 0.105. The molecule has 0 aromatic heterocycles. The normalized spacial score (nSPS) is 11.8. The average Bonchev–Trinajstić information content (AvgIpc) is 2.54. The van der Waals surface area contributed by atoms with Gasteiger partial charge in [0.05, 0.1) is 0 Å². The van der Waals surface area contributed by atoms with Gasteiger partial charge in [0.15, 0.2) is 0 Å². The SMILES string of the molecule is CC=C(C)C(=O)Oc1cc2ccccc2c2ccccc12. The molecule has 2 heteroatoms. The monoisotopic (exact) mass is 276 g/mol. The third-order valence-electron chi connectivity index (χ3n) is 3.69. The van der Waals surface area contributed by atoms with Crippen molar-refractivity contribution in [2.24, 2.45) is 0 Å². The standard InChI is InChI=1S/C19H16O2/c1-3-13(2)19(20)21-18-12-14-8-4-5-9-15(14)16-10-6-7-11-17(16)18/h3-12H,1-2H3. The minimum atomic E-state index is -0.307. The van der Waals surface area contributed by atoms with Crippen molar-refractivity contribution in [1.82, 2.24) is 0 Å². The van der Waals surface area contributed by atoms with Gasteiger partial charge in [0.2, 0.25) is 0 Å². The Bertz CT molecular complexity index is 860. The summed E-state index contributed by atoms with van der Waals surface area (Å²) in [6, 6.07) is 18.0. The van der Waals surface area contributed by atoms with Crippen molar-refractivity contribution < 1.29 is 9.53 Å². The lowest BCUT2D eigenvalue weighted by Gasteiger charge is -2.11. The number of fused-ring (bicyclic) bond motifs is 3. The Labute approximate surface area is 123 Å². The molecule has 0 heterocycles. The Balaban J connectivity index is 2.23. The Morgan fingerprint density at radius 1 is 0.952 bits per heavy atom. The van der Waals surface area contributed by atoms with Crippen LogP contribution in [-0.4, -0.2) is 5.97 Å². The molecule has 0 fully saturated rings. The molecule has 0 aliphatic heterocycles. The fourth-order valence-corrected chi connectivity index (χ4v) is 2.40. The minimum Gasteiger partial charge on any atom is -0.422 e. The van der Waals surface area contributed by atoms with Gasteiger partial charge in [-0.25, -0.2) is 4.79 Å². The maximum atomic E-state index is 12.0. The summed E-state index contributed by atoms with van der Waals surface area (Å²) in [6.45, 7) is 3.58. The van der Waals surface area contributed by atoms with Crippen molar-refractivity contribution in [3.8, 4) is 5.75 Å². The highest BCUT2D eigenvalue weighted by molar-refractivity contribution is 6.11. The van der Waals surface area contributed by atoms with Crippen molar-refractivity contribution in [2.75, 3.05) is 0 Å². The van der Waals surface area contributed by atoms with Gasteiger partial charge in [-0.2, -0.15) is 0 Å². The Kier molecular flexibility index (Phi) is 3.44. The molecule has 0 unspecified atom stereocenters. The highest BCUT2D eigenvalue weighted by Gasteiger charge is 2.11. The van der Waals surface area contributed by atoms with E-state index < -0.39 is 0 Å². The van der Waals surface area contributed by atoms with E-state index in [9.17, 15) is 4.79 Å². The summed E-state index contributed by atoms with van der Waals surface area (Å²) < 4.78 is 5.58. The molecule has 2 nitrogen and oxygen atoms in total. The molecular weight excluding hydrogens is 260 g/mol. The van der Waals surface area contributed by atoms with E-state index in [1.54, 1.807) is 13.0 Å². The van der Waals surface area contributed by atoms with E-state index in [1.165, 1.54) is 0 Å². The number of allylic oxidation sites excluding steroid dienone is 1. The summed E-state index contributed by atoms with van der Waals surface area (Å²) in [4.78, 5) is 12.0. The van der Waals surface area contributed by atoms with E-state index in [0.29, 0.717) is 11.3 Å².